The minimum Gasteiger partial charge on any atom is -0.396 e. The van der Waals surface area contributed by atoms with E-state index < -0.39 is 0 Å². The number of hydrogen-bond donors (Lipinski definition) is 2. The number of likely N-dealkylation sites (tertiary alicyclic amines) is 2. The Balaban J connectivity index is 1.36. The average molecular weight is 344 g/mol. The largest absolute Gasteiger partial charge is 0.396 e. The molecule has 2 N–H and O–H groups in total. The molecule has 0 amide bonds. The lowest BCUT2D eigenvalue weighted by molar-refractivity contribution is 0.127. The third-order valence-electron chi connectivity index (χ3n) is 6.38. The molecule has 2 aliphatic heterocycles. The molecule has 3 fully saturated rings. The van der Waals surface area contributed by atoms with Crippen LogP contribution in [0.25, 0.3) is 0 Å². The van der Waals surface area contributed by atoms with Crippen LogP contribution in [-0.4, -0.2) is 59.3 Å². The fourth-order valence-electron chi connectivity index (χ4n) is 4.66. The molecule has 25 heavy (non-hydrogen) atoms. The molecule has 4 rings (SSSR count). The van der Waals surface area contributed by atoms with Crippen molar-refractivity contribution in [3.8, 4) is 0 Å². The van der Waals surface area contributed by atoms with Gasteiger partial charge in [0.25, 0.3) is 0 Å². The number of hydrogen-bond acceptors (Lipinski definition) is 4. The topological polar surface area (TPSA) is 38.7 Å². The van der Waals surface area contributed by atoms with Gasteiger partial charge in [0.2, 0.25) is 0 Å². The number of para-hydroxylation sites is 1. The lowest BCUT2D eigenvalue weighted by Gasteiger charge is -2.31. The number of benzene rings is 1. The van der Waals surface area contributed by atoms with Gasteiger partial charge in [-0.3, -0.25) is 9.80 Å². The van der Waals surface area contributed by atoms with E-state index >= 15 is 0 Å². The predicted octanol–water partition coefficient (Wildman–Crippen LogP) is 2.93. The number of nitrogens with zero attached hydrogens (tertiary/aromatic N) is 2. The Bertz CT molecular complexity index is 566. The van der Waals surface area contributed by atoms with Gasteiger partial charge in [-0.2, -0.15) is 0 Å². The Morgan fingerprint density at radius 3 is 2.60 bits per heavy atom. The van der Waals surface area contributed by atoms with Crippen LogP contribution in [0.15, 0.2) is 24.3 Å². The zero-order valence-corrected chi connectivity index (χ0v) is 15.5. The van der Waals surface area contributed by atoms with E-state index in [1.54, 1.807) is 0 Å². The van der Waals surface area contributed by atoms with Crippen molar-refractivity contribution in [2.24, 2.45) is 5.92 Å². The molecule has 2 saturated heterocycles. The molecule has 2 atom stereocenters. The smallest absolute Gasteiger partial charge is 0.0460 e. The second-order valence-electron chi connectivity index (χ2n) is 8.41. The third kappa shape index (κ3) is 4.18. The molecule has 0 bridgehead atoms. The highest BCUT2D eigenvalue weighted by molar-refractivity contribution is 5.52. The quantitative estimate of drug-likeness (QED) is 0.833. The van der Waals surface area contributed by atoms with Crippen molar-refractivity contribution in [3.05, 3.63) is 29.8 Å². The van der Waals surface area contributed by atoms with Crippen molar-refractivity contribution < 1.29 is 5.11 Å². The second-order valence-corrected chi connectivity index (χ2v) is 8.41. The highest BCUT2D eigenvalue weighted by Gasteiger charge is 2.38. The summed E-state index contributed by atoms with van der Waals surface area (Å²) in [6.07, 6.45) is 6.31. The number of piperidine rings is 1. The first-order valence-electron chi connectivity index (χ1n) is 10.2. The normalized spacial score (nSPS) is 29.2. The van der Waals surface area contributed by atoms with E-state index in [2.05, 4.69) is 46.3 Å². The van der Waals surface area contributed by atoms with Gasteiger partial charge in [-0.05, 0) is 69.7 Å². The van der Waals surface area contributed by atoms with Gasteiger partial charge in [-0.15, -0.1) is 0 Å². The van der Waals surface area contributed by atoms with Crippen LogP contribution in [0, 0.1) is 5.92 Å². The summed E-state index contributed by atoms with van der Waals surface area (Å²) < 4.78 is 0. The van der Waals surface area contributed by atoms with Crippen LogP contribution < -0.4 is 5.32 Å². The minimum atomic E-state index is 0.351. The van der Waals surface area contributed by atoms with Crippen molar-refractivity contribution >= 4 is 5.69 Å². The highest BCUT2D eigenvalue weighted by Crippen LogP contribution is 2.34. The van der Waals surface area contributed by atoms with Crippen LogP contribution in [0.2, 0.25) is 0 Å². The first kappa shape index (κ1) is 17.3. The molecule has 4 nitrogen and oxygen atoms in total. The maximum Gasteiger partial charge on any atom is 0.0460 e. The fraction of sp³-hybridized carbons (Fsp3) is 0.714. The highest BCUT2D eigenvalue weighted by atomic mass is 16.3. The number of rotatable bonds is 6. The van der Waals surface area contributed by atoms with Gasteiger partial charge in [-0.1, -0.05) is 18.2 Å². The first-order valence-corrected chi connectivity index (χ1v) is 10.2. The molecule has 4 heteroatoms. The van der Waals surface area contributed by atoms with Gasteiger partial charge in [-0.25, -0.2) is 0 Å². The summed E-state index contributed by atoms with van der Waals surface area (Å²) in [6, 6.07) is 11.0. The van der Waals surface area contributed by atoms with E-state index in [1.165, 1.54) is 37.1 Å². The fourth-order valence-corrected chi connectivity index (χ4v) is 4.66. The Labute approximate surface area is 152 Å². The van der Waals surface area contributed by atoms with E-state index in [4.69, 9.17) is 0 Å². The summed E-state index contributed by atoms with van der Waals surface area (Å²) >= 11 is 0. The molecular weight excluding hydrogens is 310 g/mol. The molecule has 0 spiro atoms. The second kappa shape index (κ2) is 7.65. The molecule has 1 aromatic rings. The summed E-state index contributed by atoms with van der Waals surface area (Å²) in [5.74, 6) is 0.512. The van der Waals surface area contributed by atoms with Crippen molar-refractivity contribution in [3.63, 3.8) is 0 Å². The van der Waals surface area contributed by atoms with Crippen molar-refractivity contribution in [1.29, 1.82) is 0 Å². The summed E-state index contributed by atoms with van der Waals surface area (Å²) in [4.78, 5) is 5.25. The maximum atomic E-state index is 9.32. The van der Waals surface area contributed by atoms with Crippen LogP contribution in [0.4, 0.5) is 5.69 Å². The van der Waals surface area contributed by atoms with Gasteiger partial charge in [0.15, 0.2) is 0 Å². The molecule has 1 aromatic carbocycles. The first-order chi connectivity index (χ1) is 12.2. The van der Waals surface area contributed by atoms with Gasteiger partial charge >= 0.3 is 0 Å². The van der Waals surface area contributed by atoms with Gasteiger partial charge in [0.05, 0.1) is 0 Å². The van der Waals surface area contributed by atoms with E-state index in [1.807, 2.05) is 0 Å². The van der Waals surface area contributed by atoms with Crippen molar-refractivity contribution in [1.82, 2.24) is 9.80 Å². The zero-order valence-electron chi connectivity index (χ0n) is 15.5. The van der Waals surface area contributed by atoms with Crippen molar-refractivity contribution in [2.75, 3.05) is 31.6 Å². The van der Waals surface area contributed by atoms with E-state index in [0.717, 1.165) is 44.6 Å². The van der Waals surface area contributed by atoms with E-state index in [0.29, 0.717) is 18.6 Å². The summed E-state index contributed by atoms with van der Waals surface area (Å²) in [5.41, 5.74) is 2.74. The standard InChI is InChI=1S/C21H33N3O/c1-16-12-19(14-24(16)20-6-7-20)22-21-5-3-2-4-18(21)13-23-10-8-17(15-25)9-11-23/h2-5,16-17,19-20,22,25H,6-15H2,1H3. The lowest BCUT2D eigenvalue weighted by Crippen LogP contribution is -2.34. The Morgan fingerprint density at radius 2 is 1.88 bits per heavy atom. The molecule has 138 valence electrons. The maximum absolute atomic E-state index is 9.32. The van der Waals surface area contributed by atoms with Crippen LogP contribution in [0.1, 0.15) is 44.6 Å². The number of nitrogens with one attached hydrogen (secondary N) is 1. The van der Waals surface area contributed by atoms with E-state index in [-0.39, 0.29) is 0 Å². The molecule has 2 heterocycles. The van der Waals surface area contributed by atoms with Gasteiger partial charge in [0, 0.05) is 43.5 Å². The molecule has 0 aromatic heterocycles. The molecule has 2 unspecified atom stereocenters. The monoisotopic (exact) mass is 343 g/mol. The average Bonchev–Trinajstić information content (AvgIpc) is 3.41. The van der Waals surface area contributed by atoms with Crippen LogP contribution in [0.3, 0.4) is 0 Å². The lowest BCUT2D eigenvalue weighted by atomic mass is 9.97. The zero-order chi connectivity index (χ0) is 17.2. The van der Waals surface area contributed by atoms with Gasteiger partial charge in [0.1, 0.15) is 0 Å². The van der Waals surface area contributed by atoms with Crippen molar-refractivity contribution in [2.45, 2.75) is 63.7 Å². The minimum absolute atomic E-state index is 0.351. The Hall–Kier alpha value is -1.10. The third-order valence-corrected chi connectivity index (χ3v) is 6.38. The molecule has 0 radical (unpaired) electrons. The predicted molar refractivity (Wildman–Crippen MR) is 103 cm³/mol. The molecule has 3 aliphatic rings. The van der Waals surface area contributed by atoms with Crippen LogP contribution in [0.5, 0.6) is 0 Å². The van der Waals surface area contributed by atoms with Crippen LogP contribution in [-0.2, 0) is 6.54 Å². The molecule has 1 aliphatic carbocycles. The number of anilines is 1. The molecule has 1 saturated carbocycles. The van der Waals surface area contributed by atoms with Gasteiger partial charge < -0.3 is 10.4 Å². The number of aliphatic hydroxyl groups excluding tert-OH is 1. The Kier molecular flexibility index (Phi) is 5.30. The summed E-state index contributed by atoms with van der Waals surface area (Å²) in [5, 5.41) is 13.2. The van der Waals surface area contributed by atoms with Crippen LogP contribution >= 0.6 is 0 Å². The Morgan fingerprint density at radius 1 is 1.12 bits per heavy atom. The summed E-state index contributed by atoms with van der Waals surface area (Å²) in [7, 11) is 0. The van der Waals surface area contributed by atoms with E-state index in [9.17, 15) is 5.11 Å². The SMILES string of the molecule is CC1CC(Nc2ccccc2CN2CCC(CO)CC2)CN1C1CC1. The number of aliphatic hydroxyl groups is 1. The summed E-state index contributed by atoms with van der Waals surface area (Å²) in [6.45, 7) is 7.17. The molecular formula is C21H33N3O.